The molecule has 0 radical (unpaired) electrons. The van der Waals surface area contributed by atoms with Gasteiger partial charge in [0.1, 0.15) is 6.04 Å². The lowest BCUT2D eigenvalue weighted by molar-refractivity contribution is -0.147. The largest absolute Gasteiger partial charge is 0.467 e. The summed E-state index contributed by atoms with van der Waals surface area (Å²) in [5, 5.41) is 5.33. The molecule has 1 rings (SSSR count). The SMILES string of the molecule is COC(=O)[C@@H](NC(=O)C1CCC(=O)NC1)C(C)C. The highest BCUT2D eigenvalue weighted by Gasteiger charge is 2.30. The lowest BCUT2D eigenvalue weighted by atomic mass is 9.96. The van der Waals surface area contributed by atoms with Crippen LogP contribution in [0.25, 0.3) is 0 Å². The Morgan fingerprint density at radius 1 is 1.44 bits per heavy atom. The quantitative estimate of drug-likeness (QED) is 0.684. The van der Waals surface area contributed by atoms with Gasteiger partial charge in [0.2, 0.25) is 11.8 Å². The maximum Gasteiger partial charge on any atom is 0.328 e. The summed E-state index contributed by atoms with van der Waals surface area (Å²) in [6, 6.07) is -0.639. The van der Waals surface area contributed by atoms with Crippen molar-refractivity contribution >= 4 is 17.8 Å². The van der Waals surface area contributed by atoms with Crippen LogP contribution in [-0.2, 0) is 19.1 Å². The number of hydrogen-bond acceptors (Lipinski definition) is 4. The van der Waals surface area contributed by atoms with Crippen molar-refractivity contribution in [3.63, 3.8) is 0 Å². The zero-order chi connectivity index (χ0) is 13.7. The molecule has 6 heteroatoms. The summed E-state index contributed by atoms with van der Waals surface area (Å²) in [6.07, 6.45) is 0.867. The van der Waals surface area contributed by atoms with Crippen molar-refractivity contribution in [1.82, 2.24) is 10.6 Å². The van der Waals surface area contributed by atoms with Gasteiger partial charge in [0.15, 0.2) is 0 Å². The summed E-state index contributed by atoms with van der Waals surface area (Å²) in [5.74, 6) is -1.00. The predicted octanol–water partition coefficient (Wildman–Crippen LogP) is -0.174. The average molecular weight is 256 g/mol. The maximum absolute atomic E-state index is 12.0. The van der Waals surface area contributed by atoms with Gasteiger partial charge in [-0.05, 0) is 12.3 Å². The standard InChI is InChI=1S/C12H20N2O4/c1-7(2)10(12(17)18-3)14-11(16)8-4-5-9(15)13-6-8/h7-8,10H,4-6H2,1-3H3,(H,13,15)(H,14,16)/t8?,10-/m0/s1. The second-order valence-electron chi connectivity index (χ2n) is 4.79. The molecular weight excluding hydrogens is 236 g/mol. The van der Waals surface area contributed by atoms with Gasteiger partial charge in [-0.1, -0.05) is 13.8 Å². The van der Waals surface area contributed by atoms with Crippen LogP contribution in [0.2, 0.25) is 0 Å². The van der Waals surface area contributed by atoms with E-state index < -0.39 is 12.0 Å². The van der Waals surface area contributed by atoms with Crippen LogP contribution in [0.5, 0.6) is 0 Å². The Labute approximate surface area is 106 Å². The fraction of sp³-hybridized carbons (Fsp3) is 0.750. The lowest BCUT2D eigenvalue weighted by Crippen LogP contribution is -2.50. The molecule has 1 saturated heterocycles. The van der Waals surface area contributed by atoms with E-state index in [0.717, 1.165) is 0 Å². The van der Waals surface area contributed by atoms with Crippen LogP contribution in [0, 0.1) is 11.8 Å². The Morgan fingerprint density at radius 2 is 2.11 bits per heavy atom. The molecule has 0 aromatic heterocycles. The Balaban J connectivity index is 2.56. The van der Waals surface area contributed by atoms with E-state index in [2.05, 4.69) is 15.4 Å². The summed E-state index contributed by atoms with van der Waals surface area (Å²) in [6.45, 7) is 4.01. The van der Waals surface area contributed by atoms with Crippen molar-refractivity contribution in [2.75, 3.05) is 13.7 Å². The van der Waals surface area contributed by atoms with Gasteiger partial charge in [0, 0.05) is 13.0 Å². The molecule has 0 bridgehead atoms. The van der Waals surface area contributed by atoms with Gasteiger partial charge in [0.25, 0.3) is 0 Å². The second kappa shape index (κ2) is 6.37. The number of ether oxygens (including phenoxy) is 1. The normalized spacial score (nSPS) is 21.1. The maximum atomic E-state index is 12.0. The molecule has 2 amide bonds. The van der Waals surface area contributed by atoms with Crippen LogP contribution < -0.4 is 10.6 Å². The number of amides is 2. The molecule has 2 N–H and O–H groups in total. The molecule has 1 heterocycles. The van der Waals surface area contributed by atoms with Crippen molar-refractivity contribution < 1.29 is 19.1 Å². The predicted molar refractivity (Wildman–Crippen MR) is 64.5 cm³/mol. The first kappa shape index (κ1) is 14.5. The highest BCUT2D eigenvalue weighted by molar-refractivity contribution is 5.87. The van der Waals surface area contributed by atoms with Crippen molar-refractivity contribution in [3.8, 4) is 0 Å². The third kappa shape index (κ3) is 3.72. The summed E-state index contributed by atoms with van der Waals surface area (Å²) < 4.78 is 4.66. The monoisotopic (exact) mass is 256 g/mol. The molecule has 0 aromatic carbocycles. The molecule has 1 fully saturated rings. The van der Waals surface area contributed by atoms with Gasteiger partial charge in [-0.2, -0.15) is 0 Å². The first-order valence-corrected chi connectivity index (χ1v) is 6.10. The number of piperidine rings is 1. The Kier molecular flexibility index (Phi) is 5.12. The Hall–Kier alpha value is -1.59. The highest BCUT2D eigenvalue weighted by atomic mass is 16.5. The van der Waals surface area contributed by atoms with Crippen LogP contribution in [0.1, 0.15) is 26.7 Å². The second-order valence-corrected chi connectivity index (χ2v) is 4.79. The zero-order valence-corrected chi connectivity index (χ0v) is 11.0. The minimum Gasteiger partial charge on any atom is -0.467 e. The number of rotatable bonds is 4. The van der Waals surface area contributed by atoms with Gasteiger partial charge in [-0.15, -0.1) is 0 Å². The fourth-order valence-electron chi connectivity index (χ4n) is 1.85. The first-order valence-electron chi connectivity index (χ1n) is 6.10. The van der Waals surface area contributed by atoms with E-state index in [1.165, 1.54) is 7.11 Å². The van der Waals surface area contributed by atoms with Gasteiger partial charge < -0.3 is 15.4 Å². The van der Waals surface area contributed by atoms with Crippen molar-refractivity contribution in [3.05, 3.63) is 0 Å². The molecular formula is C12H20N2O4. The number of esters is 1. The molecule has 1 unspecified atom stereocenters. The van der Waals surface area contributed by atoms with E-state index in [4.69, 9.17) is 0 Å². The third-order valence-corrected chi connectivity index (χ3v) is 3.06. The summed E-state index contributed by atoms with van der Waals surface area (Å²) >= 11 is 0. The third-order valence-electron chi connectivity index (χ3n) is 3.06. The van der Waals surface area contributed by atoms with Crippen LogP contribution in [-0.4, -0.2) is 37.5 Å². The topological polar surface area (TPSA) is 84.5 Å². The summed E-state index contributed by atoms with van der Waals surface area (Å²) in [4.78, 5) is 34.5. The molecule has 1 aliphatic heterocycles. The molecule has 2 atom stereocenters. The van der Waals surface area contributed by atoms with E-state index in [1.54, 1.807) is 0 Å². The molecule has 0 saturated carbocycles. The Bertz CT molecular complexity index is 331. The number of hydrogen-bond donors (Lipinski definition) is 2. The molecule has 1 aliphatic rings. The molecule has 0 aliphatic carbocycles. The fourth-order valence-corrected chi connectivity index (χ4v) is 1.85. The van der Waals surface area contributed by atoms with Crippen LogP contribution >= 0.6 is 0 Å². The van der Waals surface area contributed by atoms with E-state index >= 15 is 0 Å². The number of nitrogens with one attached hydrogen (secondary N) is 2. The summed E-state index contributed by atoms with van der Waals surface area (Å²) in [5.41, 5.74) is 0. The van der Waals surface area contributed by atoms with Gasteiger partial charge in [0.05, 0.1) is 13.0 Å². The number of carbonyl (C=O) groups is 3. The Morgan fingerprint density at radius 3 is 2.56 bits per heavy atom. The van der Waals surface area contributed by atoms with Gasteiger partial charge in [-0.3, -0.25) is 9.59 Å². The van der Waals surface area contributed by atoms with Crippen molar-refractivity contribution in [2.45, 2.75) is 32.7 Å². The minimum atomic E-state index is -0.639. The number of carbonyl (C=O) groups excluding carboxylic acids is 3. The first-order chi connectivity index (χ1) is 8.45. The summed E-state index contributed by atoms with van der Waals surface area (Å²) in [7, 11) is 1.30. The van der Waals surface area contributed by atoms with Crippen molar-refractivity contribution in [1.29, 1.82) is 0 Å². The minimum absolute atomic E-state index is 0.0348. The zero-order valence-electron chi connectivity index (χ0n) is 11.0. The van der Waals surface area contributed by atoms with E-state index in [1.807, 2.05) is 13.8 Å². The van der Waals surface area contributed by atoms with Gasteiger partial charge >= 0.3 is 5.97 Å². The molecule has 6 nitrogen and oxygen atoms in total. The van der Waals surface area contributed by atoms with Crippen LogP contribution in [0.3, 0.4) is 0 Å². The van der Waals surface area contributed by atoms with E-state index in [-0.39, 0.29) is 23.7 Å². The highest BCUT2D eigenvalue weighted by Crippen LogP contribution is 2.12. The average Bonchev–Trinajstić information content (AvgIpc) is 2.35. The number of methoxy groups -OCH3 is 1. The lowest BCUT2D eigenvalue weighted by Gasteiger charge is -2.25. The van der Waals surface area contributed by atoms with Crippen molar-refractivity contribution in [2.24, 2.45) is 11.8 Å². The van der Waals surface area contributed by atoms with Gasteiger partial charge in [-0.25, -0.2) is 4.79 Å². The smallest absolute Gasteiger partial charge is 0.328 e. The van der Waals surface area contributed by atoms with E-state index in [0.29, 0.717) is 19.4 Å². The molecule has 0 aromatic rings. The molecule has 102 valence electrons. The molecule has 0 spiro atoms. The van der Waals surface area contributed by atoms with E-state index in [9.17, 15) is 14.4 Å². The van der Waals surface area contributed by atoms with Crippen LogP contribution in [0.4, 0.5) is 0 Å². The molecule has 18 heavy (non-hydrogen) atoms. The van der Waals surface area contributed by atoms with Crippen LogP contribution in [0.15, 0.2) is 0 Å².